The summed E-state index contributed by atoms with van der Waals surface area (Å²) in [7, 11) is -3.80. The summed E-state index contributed by atoms with van der Waals surface area (Å²) in [6.07, 6.45) is 0. The molecule has 2 aromatic rings. The van der Waals surface area contributed by atoms with Crippen LogP contribution in [-0.2, 0) is 9.84 Å². The first-order valence-electron chi connectivity index (χ1n) is 5.54. The fourth-order valence-electron chi connectivity index (χ4n) is 1.52. The van der Waals surface area contributed by atoms with Crippen molar-refractivity contribution >= 4 is 38.8 Å². The van der Waals surface area contributed by atoms with Crippen molar-refractivity contribution in [3.8, 4) is 0 Å². The number of sulfone groups is 1. The van der Waals surface area contributed by atoms with Gasteiger partial charge in [-0.3, -0.25) is 0 Å². The van der Waals surface area contributed by atoms with Crippen LogP contribution >= 0.6 is 23.2 Å². The molecule has 0 spiro atoms. The lowest BCUT2D eigenvalue weighted by molar-refractivity contribution is -0.243. The van der Waals surface area contributed by atoms with Crippen molar-refractivity contribution in [1.29, 1.82) is 0 Å². The second kappa shape index (κ2) is 5.87. The molecule has 0 heterocycles. The molecule has 0 saturated carbocycles. The standard InChI is InChI=1S/C14H10Cl2O3S/c15-11-3-1-10(2-4-11)14(17)9-20(18,19)13-7-5-12(16)6-8-13/h1-9,17H/p-1/b14-9-. The van der Waals surface area contributed by atoms with Crippen molar-refractivity contribution in [1.82, 2.24) is 0 Å². The summed E-state index contributed by atoms with van der Waals surface area (Å²) in [4.78, 5) is 0.0178. The Morgan fingerprint density at radius 2 is 1.35 bits per heavy atom. The zero-order valence-corrected chi connectivity index (χ0v) is 12.4. The molecule has 20 heavy (non-hydrogen) atoms. The Morgan fingerprint density at radius 1 is 0.900 bits per heavy atom. The summed E-state index contributed by atoms with van der Waals surface area (Å²) >= 11 is 11.4. The van der Waals surface area contributed by atoms with E-state index in [9.17, 15) is 13.5 Å². The zero-order chi connectivity index (χ0) is 14.8. The molecule has 0 aliphatic rings. The molecule has 0 atom stereocenters. The normalized spacial score (nSPS) is 12.4. The van der Waals surface area contributed by atoms with E-state index in [1.807, 2.05) is 0 Å². The van der Waals surface area contributed by atoms with Crippen LogP contribution in [0.15, 0.2) is 58.8 Å². The van der Waals surface area contributed by atoms with Gasteiger partial charge in [-0.25, -0.2) is 8.42 Å². The van der Waals surface area contributed by atoms with Gasteiger partial charge in [0, 0.05) is 15.5 Å². The SMILES string of the molecule is O=S(=O)(/C=C(\[O-])c1ccc(Cl)cc1)c1ccc(Cl)cc1. The van der Waals surface area contributed by atoms with E-state index in [4.69, 9.17) is 23.2 Å². The molecule has 0 amide bonds. The number of hydrogen-bond acceptors (Lipinski definition) is 3. The maximum Gasteiger partial charge on any atom is 0.199 e. The lowest BCUT2D eigenvalue weighted by atomic mass is 10.2. The Bertz CT molecular complexity index is 733. The summed E-state index contributed by atoms with van der Waals surface area (Å²) in [6.45, 7) is 0. The van der Waals surface area contributed by atoms with Crippen molar-refractivity contribution in [3.63, 3.8) is 0 Å². The van der Waals surface area contributed by atoms with E-state index in [0.29, 0.717) is 15.5 Å². The largest absolute Gasteiger partial charge is 0.872 e. The molecule has 2 aromatic carbocycles. The van der Waals surface area contributed by atoms with Gasteiger partial charge in [-0.05, 0) is 42.0 Å². The minimum Gasteiger partial charge on any atom is -0.872 e. The zero-order valence-electron chi connectivity index (χ0n) is 10.1. The Balaban J connectivity index is 2.37. The summed E-state index contributed by atoms with van der Waals surface area (Å²) in [5.74, 6) is -0.600. The molecule has 2 rings (SSSR count). The van der Waals surface area contributed by atoms with Crippen LogP contribution in [0.2, 0.25) is 10.0 Å². The molecule has 0 bridgehead atoms. The van der Waals surface area contributed by atoms with E-state index >= 15 is 0 Å². The van der Waals surface area contributed by atoms with Gasteiger partial charge in [0.15, 0.2) is 9.84 Å². The van der Waals surface area contributed by atoms with Crippen molar-refractivity contribution in [2.75, 3.05) is 0 Å². The molecule has 0 saturated heterocycles. The molecule has 0 unspecified atom stereocenters. The van der Waals surface area contributed by atoms with Crippen LogP contribution < -0.4 is 5.11 Å². The van der Waals surface area contributed by atoms with E-state index in [1.165, 1.54) is 48.5 Å². The fourth-order valence-corrected chi connectivity index (χ4v) is 2.84. The van der Waals surface area contributed by atoms with Gasteiger partial charge in [-0.1, -0.05) is 41.1 Å². The molecule has 0 fully saturated rings. The van der Waals surface area contributed by atoms with E-state index in [2.05, 4.69) is 0 Å². The monoisotopic (exact) mass is 327 g/mol. The molecular weight excluding hydrogens is 319 g/mol. The highest BCUT2D eigenvalue weighted by Crippen LogP contribution is 2.20. The van der Waals surface area contributed by atoms with Gasteiger partial charge >= 0.3 is 0 Å². The van der Waals surface area contributed by atoms with Crippen molar-refractivity contribution in [2.45, 2.75) is 4.90 Å². The minimum absolute atomic E-state index is 0.0178. The Labute approximate surface area is 127 Å². The third-order valence-corrected chi connectivity index (χ3v) is 4.49. The van der Waals surface area contributed by atoms with Gasteiger partial charge < -0.3 is 5.11 Å². The fraction of sp³-hybridized carbons (Fsp3) is 0. The molecule has 3 nitrogen and oxygen atoms in total. The smallest absolute Gasteiger partial charge is 0.199 e. The van der Waals surface area contributed by atoms with Crippen LogP contribution in [0.3, 0.4) is 0 Å². The third-order valence-electron chi connectivity index (χ3n) is 2.53. The quantitative estimate of drug-likeness (QED) is 0.814. The summed E-state index contributed by atoms with van der Waals surface area (Å²) in [6, 6.07) is 11.6. The highest BCUT2D eigenvalue weighted by atomic mass is 35.5. The molecular formula is C14H9Cl2O3S-. The summed E-state index contributed by atoms with van der Waals surface area (Å²) < 4.78 is 24.1. The van der Waals surface area contributed by atoms with Crippen molar-refractivity contribution in [2.24, 2.45) is 0 Å². The molecule has 6 heteroatoms. The van der Waals surface area contributed by atoms with Gasteiger partial charge in [0.05, 0.1) is 4.90 Å². The van der Waals surface area contributed by atoms with Crippen molar-refractivity contribution < 1.29 is 13.5 Å². The summed E-state index contributed by atoms with van der Waals surface area (Å²) in [5.41, 5.74) is 0.256. The van der Waals surface area contributed by atoms with E-state index in [1.54, 1.807) is 0 Å². The topological polar surface area (TPSA) is 57.2 Å². The minimum atomic E-state index is -3.80. The van der Waals surface area contributed by atoms with Crippen LogP contribution in [0.1, 0.15) is 5.56 Å². The Kier molecular flexibility index (Phi) is 4.38. The number of benzene rings is 2. The Hall–Kier alpha value is -1.49. The molecule has 0 aliphatic heterocycles. The lowest BCUT2D eigenvalue weighted by Gasteiger charge is -2.12. The first-order chi connectivity index (χ1) is 9.38. The van der Waals surface area contributed by atoms with Crippen LogP contribution in [-0.4, -0.2) is 8.42 Å². The van der Waals surface area contributed by atoms with Gasteiger partial charge in [-0.2, -0.15) is 0 Å². The molecule has 0 aliphatic carbocycles. The highest BCUT2D eigenvalue weighted by molar-refractivity contribution is 7.94. The van der Waals surface area contributed by atoms with Gasteiger partial charge in [0.2, 0.25) is 0 Å². The van der Waals surface area contributed by atoms with E-state index in [0.717, 1.165) is 0 Å². The Morgan fingerprint density at radius 3 is 1.85 bits per heavy atom. The number of rotatable bonds is 3. The van der Waals surface area contributed by atoms with Crippen LogP contribution in [0.4, 0.5) is 0 Å². The lowest BCUT2D eigenvalue weighted by Crippen LogP contribution is -2.06. The second-order valence-electron chi connectivity index (χ2n) is 3.99. The van der Waals surface area contributed by atoms with Gasteiger partial charge in [0.1, 0.15) is 0 Å². The van der Waals surface area contributed by atoms with Gasteiger partial charge in [0.25, 0.3) is 0 Å². The number of hydrogen-bond donors (Lipinski definition) is 0. The average Bonchev–Trinajstić information content (AvgIpc) is 2.39. The first-order valence-corrected chi connectivity index (χ1v) is 7.84. The molecule has 0 N–H and O–H groups in total. The van der Waals surface area contributed by atoms with Crippen LogP contribution in [0.5, 0.6) is 0 Å². The van der Waals surface area contributed by atoms with Crippen LogP contribution in [0, 0.1) is 0 Å². The maximum absolute atomic E-state index is 12.0. The second-order valence-corrected chi connectivity index (χ2v) is 6.66. The molecule has 104 valence electrons. The highest BCUT2D eigenvalue weighted by Gasteiger charge is 2.10. The average molecular weight is 328 g/mol. The molecule has 0 radical (unpaired) electrons. The van der Waals surface area contributed by atoms with E-state index in [-0.39, 0.29) is 10.5 Å². The van der Waals surface area contributed by atoms with E-state index < -0.39 is 15.6 Å². The predicted octanol–water partition coefficient (Wildman–Crippen LogP) is 3.13. The number of halogens is 2. The van der Waals surface area contributed by atoms with Gasteiger partial charge in [-0.15, -0.1) is 0 Å². The van der Waals surface area contributed by atoms with Crippen LogP contribution in [0.25, 0.3) is 5.76 Å². The predicted molar refractivity (Wildman–Crippen MR) is 78.1 cm³/mol. The summed E-state index contributed by atoms with van der Waals surface area (Å²) in [5, 5.41) is 13.5. The first kappa shape index (κ1) is 14.9. The third kappa shape index (κ3) is 3.54. The molecule has 0 aromatic heterocycles. The maximum atomic E-state index is 12.0. The van der Waals surface area contributed by atoms with Crippen molar-refractivity contribution in [3.05, 3.63) is 69.5 Å².